The first-order chi connectivity index (χ1) is 8.70. The van der Waals surface area contributed by atoms with Crippen LogP contribution < -0.4 is 0 Å². The van der Waals surface area contributed by atoms with E-state index >= 15 is 0 Å². The highest BCUT2D eigenvalue weighted by atomic mass is 16.5. The van der Waals surface area contributed by atoms with Gasteiger partial charge in [-0.25, -0.2) is 4.79 Å². The van der Waals surface area contributed by atoms with Gasteiger partial charge in [0.1, 0.15) is 5.69 Å². The van der Waals surface area contributed by atoms with Crippen LogP contribution in [0.4, 0.5) is 0 Å². The van der Waals surface area contributed by atoms with E-state index in [2.05, 4.69) is 5.10 Å². The van der Waals surface area contributed by atoms with E-state index in [1.165, 1.54) is 7.11 Å². The second kappa shape index (κ2) is 5.46. The molecule has 0 radical (unpaired) electrons. The van der Waals surface area contributed by atoms with Crippen LogP contribution in [0.5, 0.6) is 0 Å². The molecule has 0 aliphatic heterocycles. The number of carboxylic acid groups (broad SMARTS) is 1. The van der Waals surface area contributed by atoms with Gasteiger partial charge in [-0.15, -0.1) is 0 Å². The SMILES string of the molecule is COC(C(=O)O)c1ccn(Cc2ccccc2)n1. The Hall–Kier alpha value is -2.14. The number of benzene rings is 1. The standard InChI is InChI=1S/C13H14N2O3/c1-18-12(13(16)17)11-7-8-15(14-11)9-10-5-3-2-4-6-10/h2-8,12H,9H2,1H3,(H,16,17). The number of carbonyl (C=O) groups is 1. The molecule has 0 fully saturated rings. The molecular weight excluding hydrogens is 232 g/mol. The summed E-state index contributed by atoms with van der Waals surface area (Å²) in [7, 11) is 1.36. The Labute approximate surface area is 105 Å². The largest absolute Gasteiger partial charge is 0.479 e. The Kier molecular flexibility index (Phi) is 3.74. The van der Waals surface area contributed by atoms with Gasteiger partial charge in [0.25, 0.3) is 0 Å². The molecule has 0 aliphatic rings. The van der Waals surface area contributed by atoms with Crippen LogP contribution >= 0.6 is 0 Å². The van der Waals surface area contributed by atoms with Crippen molar-refractivity contribution in [1.29, 1.82) is 0 Å². The van der Waals surface area contributed by atoms with E-state index in [-0.39, 0.29) is 0 Å². The van der Waals surface area contributed by atoms with Crippen LogP contribution in [-0.2, 0) is 16.1 Å². The predicted molar refractivity (Wildman–Crippen MR) is 65.2 cm³/mol. The van der Waals surface area contributed by atoms with Gasteiger partial charge >= 0.3 is 5.97 Å². The molecule has 5 heteroatoms. The minimum atomic E-state index is -1.04. The summed E-state index contributed by atoms with van der Waals surface area (Å²) < 4.78 is 6.58. The summed E-state index contributed by atoms with van der Waals surface area (Å²) in [6.07, 6.45) is 0.735. The fourth-order valence-corrected chi connectivity index (χ4v) is 1.72. The van der Waals surface area contributed by atoms with Crippen LogP contribution in [0.1, 0.15) is 17.4 Å². The summed E-state index contributed by atoms with van der Waals surface area (Å²) in [5.41, 5.74) is 1.51. The molecule has 1 N–H and O–H groups in total. The number of rotatable bonds is 5. The molecule has 2 rings (SSSR count). The summed E-state index contributed by atoms with van der Waals surface area (Å²) in [5, 5.41) is 13.2. The quantitative estimate of drug-likeness (QED) is 0.872. The van der Waals surface area contributed by atoms with Crippen molar-refractivity contribution in [3.63, 3.8) is 0 Å². The fourth-order valence-electron chi connectivity index (χ4n) is 1.72. The van der Waals surface area contributed by atoms with Crippen LogP contribution in [0, 0.1) is 0 Å². The van der Waals surface area contributed by atoms with Gasteiger partial charge in [-0.1, -0.05) is 30.3 Å². The van der Waals surface area contributed by atoms with Gasteiger partial charge in [0.05, 0.1) is 6.54 Å². The smallest absolute Gasteiger partial charge is 0.339 e. The van der Waals surface area contributed by atoms with Crippen LogP contribution in [-0.4, -0.2) is 28.0 Å². The highest BCUT2D eigenvalue weighted by molar-refractivity contribution is 5.73. The van der Waals surface area contributed by atoms with Gasteiger partial charge in [-0.2, -0.15) is 5.10 Å². The molecule has 1 aromatic carbocycles. The number of aliphatic carboxylic acids is 1. The van der Waals surface area contributed by atoms with Gasteiger partial charge in [-0.3, -0.25) is 4.68 Å². The first kappa shape index (κ1) is 12.3. The Morgan fingerprint density at radius 2 is 2.11 bits per heavy atom. The van der Waals surface area contributed by atoms with Crippen molar-refractivity contribution in [1.82, 2.24) is 9.78 Å². The summed E-state index contributed by atoms with van der Waals surface area (Å²) in [5.74, 6) is -1.04. The highest BCUT2D eigenvalue weighted by Crippen LogP contribution is 2.14. The van der Waals surface area contributed by atoms with E-state index in [9.17, 15) is 4.79 Å². The molecule has 2 aromatic rings. The molecule has 1 atom stereocenters. The predicted octanol–water partition coefficient (Wildman–Crippen LogP) is 1.70. The molecule has 0 amide bonds. The third-order valence-electron chi connectivity index (χ3n) is 2.58. The zero-order chi connectivity index (χ0) is 13.0. The zero-order valence-electron chi connectivity index (χ0n) is 9.98. The number of hydrogen-bond donors (Lipinski definition) is 1. The number of hydrogen-bond acceptors (Lipinski definition) is 3. The van der Waals surface area contributed by atoms with Crippen LogP contribution in [0.25, 0.3) is 0 Å². The van der Waals surface area contributed by atoms with Gasteiger partial charge in [0.15, 0.2) is 6.10 Å². The number of carboxylic acids is 1. The van der Waals surface area contributed by atoms with Crippen LogP contribution in [0.3, 0.4) is 0 Å². The van der Waals surface area contributed by atoms with Crippen molar-refractivity contribution in [2.75, 3.05) is 7.11 Å². The fraction of sp³-hybridized carbons (Fsp3) is 0.231. The Morgan fingerprint density at radius 3 is 2.72 bits per heavy atom. The summed E-state index contributed by atoms with van der Waals surface area (Å²) in [4.78, 5) is 10.9. The lowest BCUT2D eigenvalue weighted by Gasteiger charge is -2.06. The van der Waals surface area contributed by atoms with Crippen molar-refractivity contribution in [3.05, 3.63) is 53.9 Å². The molecule has 0 saturated heterocycles. The molecule has 0 spiro atoms. The van der Waals surface area contributed by atoms with Gasteiger partial charge < -0.3 is 9.84 Å². The third-order valence-corrected chi connectivity index (χ3v) is 2.58. The maximum absolute atomic E-state index is 10.9. The van der Waals surface area contributed by atoms with Gasteiger partial charge in [0.2, 0.25) is 0 Å². The Balaban J connectivity index is 2.13. The van der Waals surface area contributed by atoms with Gasteiger partial charge in [-0.05, 0) is 11.6 Å². The lowest BCUT2D eigenvalue weighted by Crippen LogP contribution is -2.14. The van der Waals surface area contributed by atoms with Crippen molar-refractivity contribution in [2.45, 2.75) is 12.6 Å². The molecule has 0 saturated carbocycles. The maximum Gasteiger partial charge on any atom is 0.339 e. The Bertz CT molecular complexity index is 522. The molecule has 1 unspecified atom stereocenters. The minimum absolute atomic E-state index is 0.404. The first-order valence-electron chi connectivity index (χ1n) is 5.53. The molecule has 1 aromatic heterocycles. The van der Waals surface area contributed by atoms with E-state index in [1.54, 1.807) is 16.9 Å². The lowest BCUT2D eigenvalue weighted by molar-refractivity contribution is -0.149. The molecule has 18 heavy (non-hydrogen) atoms. The number of nitrogens with zero attached hydrogens (tertiary/aromatic N) is 2. The van der Waals surface area contributed by atoms with Crippen molar-refractivity contribution in [2.24, 2.45) is 0 Å². The van der Waals surface area contributed by atoms with E-state index < -0.39 is 12.1 Å². The lowest BCUT2D eigenvalue weighted by atomic mass is 10.2. The zero-order valence-corrected chi connectivity index (χ0v) is 9.98. The molecule has 94 valence electrons. The first-order valence-corrected chi connectivity index (χ1v) is 5.53. The summed E-state index contributed by atoms with van der Waals surface area (Å²) >= 11 is 0. The highest BCUT2D eigenvalue weighted by Gasteiger charge is 2.21. The maximum atomic E-state index is 10.9. The second-order valence-corrected chi connectivity index (χ2v) is 3.88. The topological polar surface area (TPSA) is 64.3 Å². The number of aromatic nitrogens is 2. The summed E-state index contributed by atoms with van der Waals surface area (Å²) in [6, 6.07) is 11.5. The number of ether oxygens (including phenoxy) is 1. The van der Waals surface area contributed by atoms with Crippen LogP contribution in [0.2, 0.25) is 0 Å². The van der Waals surface area contributed by atoms with Crippen molar-refractivity contribution >= 4 is 5.97 Å². The molecular formula is C13H14N2O3. The monoisotopic (exact) mass is 246 g/mol. The van der Waals surface area contributed by atoms with E-state index in [1.807, 2.05) is 30.3 Å². The molecule has 0 bridgehead atoms. The second-order valence-electron chi connectivity index (χ2n) is 3.88. The minimum Gasteiger partial charge on any atom is -0.479 e. The van der Waals surface area contributed by atoms with E-state index in [0.717, 1.165) is 5.56 Å². The van der Waals surface area contributed by atoms with E-state index in [0.29, 0.717) is 12.2 Å². The van der Waals surface area contributed by atoms with Crippen molar-refractivity contribution < 1.29 is 14.6 Å². The molecule has 1 heterocycles. The number of methoxy groups -OCH3 is 1. The molecule has 5 nitrogen and oxygen atoms in total. The third kappa shape index (κ3) is 2.75. The van der Waals surface area contributed by atoms with Gasteiger partial charge in [0, 0.05) is 13.3 Å². The van der Waals surface area contributed by atoms with Crippen LogP contribution in [0.15, 0.2) is 42.6 Å². The van der Waals surface area contributed by atoms with E-state index in [4.69, 9.17) is 9.84 Å². The normalized spacial score (nSPS) is 12.3. The average molecular weight is 246 g/mol. The average Bonchev–Trinajstić information content (AvgIpc) is 2.79. The summed E-state index contributed by atoms with van der Waals surface area (Å²) in [6.45, 7) is 0.608. The Morgan fingerprint density at radius 1 is 1.39 bits per heavy atom. The molecule has 0 aliphatic carbocycles. The van der Waals surface area contributed by atoms with Crippen molar-refractivity contribution in [3.8, 4) is 0 Å².